The summed E-state index contributed by atoms with van der Waals surface area (Å²) in [5.74, 6) is 1.64. The number of H-pyrrole nitrogens is 1. The average Bonchev–Trinajstić information content (AvgIpc) is 2.69. The molecule has 1 saturated heterocycles. The highest BCUT2D eigenvalue weighted by molar-refractivity contribution is 5.43. The molecule has 0 amide bonds. The van der Waals surface area contributed by atoms with Gasteiger partial charge in [0, 0.05) is 19.3 Å². The Kier molecular flexibility index (Phi) is 1.86. The molecule has 5 heteroatoms. The summed E-state index contributed by atoms with van der Waals surface area (Å²) in [6, 6.07) is 3.96. The summed E-state index contributed by atoms with van der Waals surface area (Å²) >= 11 is 0. The molecule has 4 aliphatic rings. The van der Waals surface area contributed by atoms with Gasteiger partial charge in [-0.05, 0) is 41.5 Å². The molecule has 0 aromatic heterocycles. The molecular weight excluding hydrogens is 230 g/mol. The van der Waals surface area contributed by atoms with Crippen molar-refractivity contribution >= 4 is 0 Å². The van der Waals surface area contributed by atoms with Crippen molar-refractivity contribution in [2.24, 2.45) is 0 Å². The predicted octanol–water partition coefficient (Wildman–Crippen LogP) is 0.138. The van der Waals surface area contributed by atoms with E-state index < -0.39 is 11.1 Å². The fourth-order valence-electron chi connectivity index (χ4n) is 3.33. The second-order valence-electron chi connectivity index (χ2n) is 5.17. The van der Waals surface area contributed by atoms with Gasteiger partial charge in [0.25, 0.3) is 0 Å². The van der Waals surface area contributed by atoms with E-state index in [4.69, 9.17) is 0 Å². The van der Waals surface area contributed by atoms with Gasteiger partial charge in [0.1, 0.15) is 5.82 Å². The third-order valence-corrected chi connectivity index (χ3v) is 4.17. The summed E-state index contributed by atoms with van der Waals surface area (Å²) in [6.07, 6.45) is 2.89. The van der Waals surface area contributed by atoms with Gasteiger partial charge in [-0.15, -0.1) is 0 Å². The number of imidazole rings is 1. The van der Waals surface area contributed by atoms with E-state index in [0.29, 0.717) is 17.7 Å². The zero-order chi connectivity index (χ0) is 12.3. The fourth-order valence-corrected chi connectivity index (χ4v) is 3.33. The fraction of sp³-hybridized carbons (Fsp3) is 0.385. The van der Waals surface area contributed by atoms with E-state index in [-0.39, 0.29) is 0 Å². The molecule has 2 unspecified atom stereocenters. The van der Waals surface area contributed by atoms with Crippen LogP contribution >= 0.6 is 0 Å². The van der Waals surface area contributed by atoms with E-state index in [2.05, 4.69) is 10.3 Å². The normalized spacial score (nSPS) is 25.3. The summed E-state index contributed by atoms with van der Waals surface area (Å²) in [5, 5.41) is 3.43. The summed E-state index contributed by atoms with van der Waals surface area (Å²) in [4.78, 5) is 25.6. The highest BCUT2D eigenvalue weighted by atomic mass is 16.2. The van der Waals surface area contributed by atoms with Crippen LogP contribution in [0.5, 0.6) is 0 Å². The van der Waals surface area contributed by atoms with E-state index in [1.165, 1.54) is 22.1 Å². The summed E-state index contributed by atoms with van der Waals surface area (Å²) in [6.45, 7) is 1.98. The largest absolute Gasteiger partial charge is 0.321 e. The molecule has 2 N–H and O–H groups in total. The second-order valence-corrected chi connectivity index (χ2v) is 5.17. The maximum absolute atomic E-state index is 11.6. The first-order valence-corrected chi connectivity index (χ1v) is 6.23. The van der Waals surface area contributed by atoms with Crippen molar-refractivity contribution in [3.05, 3.63) is 50.2 Å². The smallest absolute Gasteiger partial charge is 0.316 e. The van der Waals surface area contributed by atoms with Crippen LogP contribution in [-0.2, 0) is 0 Å². The molecule has 3 aliphatic heterocycles. The van der Waals surface area contributed by atoms with E-state index >= 15 is 0 Å². The van der Waals surface area contributed by atoms with Gasteiger partial charge in [-0.3, -0.25) is 14.2 Å². The van der Waals surface area contributed by atoms with Crippen LogP contribution in [0, 0.1) is 0 Å². The number of hydrogen-bond acceptors (Lipinski definition) is 3. The molecule has 0 saturated carbocycles. The van der Waals surface area contributed by atoms with Crippen LogP contribution in [0.4, 0.5) is 0 Å². The molecule has 1 aliphatic carbocycles. The van der Waals surface area contributed by atoms with Gasteiger partial charge < -0.3 is 10.3 Å². The van der Waals surface area contributed by atoms with Gasteiger partial charge in [-0.2, -0.15) is 0 Å². The zero-order valence-corrected chi connectivity index (χ0v) is 9.77. The quantitative estimate of drug-likeness (QED) is 0.647. The maximum atomic E-state index is 11.6. The van der Waals surface area contributed by atoms with Crippen molar-refractivity contribution in [1.82, 2.24) is 14.9 Å². The van der Waals surface area contributed by atoms with E-state index in [0.717, 1.165) is 13.1 Å². The lowest BCUT2D eigenvalue weighted by molar-refractivity contribution is 0.453. The third kappa shape index (κ3) is 1.19. The molecule has 3 heterocycles. The summed E-state index contributed by atoms with van der Waals surface area (Å²) in [7, 11) is 0. The van der Waals surface area contributed by atoms with Crippen LogP contribution < -0.4 is 16.4 Å². The van der Waals surface area contributed by atoms with Gasteiger partial charge in [-0.1, -0.05) is 0 Å². The molecule has 0 aromatic rings. The van der Waals surface area contributed by atoms with Crippen LogP contribution in [0.3, 0.4) is 0 Å². The lowest BCUT2D eigenvalue weighted by Crippen LogP contribution is -2.28. The Bertz CT molecular complexity index is 715. The Morgan fingerprint density at radius 1 is 1.17 bits per heavy atom. The molecule has 18 heavy (non-hydrogen) atoms. The number of rotatable bonds is 0. The lowest BCUT2D eigenvalue weighted by atomic mass is 9.97. The van der Waals surface area contributed by atoms with E-state index in [1.807, 2.05) is 12.1 Å². The minimum absolute atomic E-state index is 0.498. The molecule has 2 bridgehead atoms. The Morgan fingerprint density at radius 3 is 2.78 bits per heavy atom. The van der Waals surface area contributed by atoms with Gasteiger partial charge in [-0.25, -0.2) is 0 Å². The molecule has 0 radical (unpaired) electrons. The zero-order valence-electron chi connectivity index (χ0n) is 9.77. The van der Waals surface area contributed by atoms with Gasteiger partial charge >= 0.3 is 11.1 Å². The Hall–Kier alpha value is -1.88. The highest BCUT2D eigenvalue weighted by Gasteiger charge is 2.34. The molecule has 4 rings (SSSR count). The summed E-state index contributed by atoms with van der Waals surface area (Å²) in [5.41, 5.74) is 1.54. The van der Waals surface area contributed by atoms with Crippen molar-refractivity contribution in [3.8, 4) is 5.82 Å². The molecule has 2 atom stereocenters. The first-order chi connectivity index (χ1) is 8.74. The topological polar surface area (TPSA) is 66.9 Å². The molecule has 0 spiro atoms. The van der Waals surface area contributed by atoms with Gasteiger partial charge in [0.15, 0.2) is 0 Å². The Balaban J connectivity index is 2.05. The van der Waals surface area contributed by atoms with Crippen LogP contribution in [0.15, 0.2) is 27.9 Å². The van der Waals surface area contributed by atoms with Crippen LogP contribution in [0.25, 0.3) is 5.82 Å². The lowest BCUT2D eigenvalue weighted by Gasteiger charge is -2.20. The van der Waals surface area contributed by atoms with Crippen LogP contribution in [0.2, 0.25) is 0 Å². The molecule has 0 aromatic carbocycles. The number of fused-ring (bicyclic) bond motifs is 6. The second kappa shape index (κ2) is 3.32. The maximum Gasteiger partial charge on any atom is 0.321 e. The predicted molar refractivity (Wildman–Crippen MR) is 66.8 cm³/mol. The highest BCUT2D eigenvalue weighted by Crippen LogP contribution is 2.43. The number of piperidine rings is 1. The van der Waals surface area contributed by atoms with Crippen LogP contribution in [0.1, 0.15) is 29.4 Å². The van der Waals surface area contributed by atoms with Crippen molar-refractivity contribution in [3.63, 3.8) is 0 Å². The van der Waals surface area contributed by atoms with E-state index in [9.17, 15) is 9.59 Å². The van der Waals surface area contributed by atoms with Crippen molar-refractivity contribution in [2.45, 2.75) is 18.3 Å². The molecular formula is C13H13N3O2. The molecule has 92 valence electrons. The SMILES string of the molecule is O=c1[nH]c2cc3c(ccn-2c1=O)C1CNCC3C1. The number of hydrogen-bond donors (Lipinski definition) is 2. The molecule has 1 fully saturated rings. The minimum atomic E-state index is -0.547. The average molecular weight is 243 g/mol. The summed E-state index contributed by atoms with van der Waals surface area (Å²) < 4.78 is 1.41. The van der Waals surface area contributed by atoms with E-state index in [1.54, 1.807) is 6.20 Å². The number of nitrogens with zero attached hydrogens (tertiary/aromatic N) is 1. The first-order valence-electron chi connectivity index (χ1n) is 6.23. The Morgan fingerprint density at radius 2 is 1.94 bits per heavy atom. The molecule has 5 nitrogen and oxygen atoms in total. The first kappa shape index (κ1) is 10.1. The standard InChI is InChI=1S/C13H13N3O2/c17-12-13(18)16-2-1-9-7-3-8(6-14-5-7)10(9)4-11(16)15-12/h1-2,4,7-8,14H,3,5-6H2,(H,15,17). The van der Waals surface area contributed by atoms with Crippen molar-refractivity contribution in [1.29, 1.82) is 0 Å². The number of nitrogens with one attached hydrogen (secondary N) is 2. The minimum Gasteiger partial charge on any atom is -0.316 e. The van der Waals surface area contributed by atoms with Crippen LogP contribution in [-0.4, -0.2) is 22.6 Å². The third-order valence-electron chi connectivity index (χ3n) is 4.17. The Labute approximate surface area is 103 Å². The van der Waals surface area contributed by atoms with Gasteiger partial charge in [0.05, 0.1) is 0 Å². The van der Waals surface area contributed by atoms with Gasteiger partial charge in [0.2, 0.25) is 0 Å². The van der Waals surface area contributed by atoms with Crippen molar-refractivity contribution < 1.29 is 0 Å². The number of aromatic nitrogens is 2. The number of aromatic amines is 1. The monoisotopic (exact) mass is 243 g/mol. The van der Waals surface area contributed by atoms with Crippen molar-refractivity contribution in [2.75, 3.05) is 13.1 Å².